The SMILES string of the molecule is CCc1ccsc1C(=O)Nc1ccc(CNS(C)(=O)=O)cc1. The zero-order valence-electron chi connectivity index (χ0n) is 12.4. The Kier molecular flexibility index (Phi) is 5.33. The summed E-state index contributed by atoms with van der Waals surface area (Å²) in [5.41, 5.74) is 2.55. The Morgan fingerprint density at radius 3 is 2.45 bits per heavy atom. The van der Waals surface area contributed by atoms with E-state index >= 15 is 0 Å². The van der Waals surface area contributed by atoms with E-state index in [0.29, 0.717) is 5.69 Å². The van der Waals surface area contributed by atoms with Gasteiger partial charge in [-0.25, -0.2) is 13.1 Å². The molecule has 22 heavy (non-hydrogen) atoms. The van der Waals surface area contributed by atoms with Gasteiger partial charge in [0, 0.05) is 12.2 Å². The molecule has 0 saturated carbocycles. The van der Waals surface area contributed by atoms with Gasteiger partial charge in [0.25, 0.3) is 5.91 Å². The summed E-state index contributed by atoms with van der Waals surface area (Å²) in [5, 5.41) is 4.76. The first-order chi connectivity index (χ1) is 10.4. The van der Waals surface area contributed by atoms with Gasteiger partial charge >= 0.3 is 0 Å². The van der Waals surface area contributed by atoms with Crippen LogP contribution in [0.1, 0.15) is 27.7 Å². The van der Waals surface area contributed by atoms with E-state index in [2.05, 4.69) is 10.0 Å². The lowest BCUT2D eigenvalue weighted by molar-refractivity contribution is 0.103. The number of thiophene rings is 1. The molecule has 0 unspecified atom stereocenters. The van der Waals surface area contributed by atoms with Gasteiger partial charge < -0.3 is 5.32 Å². The van der Waals surface area contributed by atoms with Crippen molar-refractivity contribution in [1.29, 1.82) is 0 Å². The smallest absolute Gasteiger partial charge is 0.266 e. The Morgan fingerprint density at radius 2 is 1.86 bits per heavy atom. The highest BCUT2D eigenvalue weighted by Crippen LogP contribution is 2.19. The second-order valence-electron chi connectivity index (χ2n) is 4.87. The summed E-state index contributed by atoms with van der Waals surface area (Å²) in [6.45, 7) is 2.25. The lowest BCUT2D eigenvalue weighted by Crippen LogP contribution is -2.21. The molecular formula is C15H18N2O3S2. The van der Waals surface area contributed by atoms with Crippen molar-refractivity contribution in [3.05, 3.63) is 51.7 Å². The zero-order chi connectivity index (χ0) is 16.2. The summed E-state index contributed by atoms with van der Waals surface area (Å²) in [6, 6.07) is 9.04. The van der Waals surface area contributed by atoms with Crippen LogP contribution >= 0.6 is 11.3 Å². The van der Waals surface area contributed by atoms with E-state index < -0.39 is 10.0 Å². The van der Waals surface area contributed by atoms with Gasteiger partial charge in [0.1, 0.15) is 0 Å². The van der Waals surface area contributed by atoms with E-state index in [9.17, 15) is 13.2 Å². The Hall–Kier alpha value is -1.70. The number of carbonyl (C=O) groups excluding carboxylic acids is 1. The van der Waals surface area contributed by atoms with E-state index in [1.807, 2.05) is 18.4 Å². The fourth-order valence-corrected chi connectivity index (χ4v) is 3.24. The molecule has 0 aliphatic heterocycles. The average molecular weight is 338 g/mol. The molecule has 0 atom stereocenters. The van der Waals surface area contributed by atoms with E-state index in [1.165, 1.54) is 11.3 Å². The van der Waals surface area contributed by atoms with E-state index in [-0.39, 0.29) is 12.5 Å². The predicted octanol–water partition coefficient (Wildman–Crippen LogP) is 2.61. The minimum Gasteiger partial charge on any atom is -0.321 e. The van der Waals surface area contributed by atoms with Crippen LogP contribution in [0.15, 0.2) is 35.7 Å². The third-order valence-electron chi connectivity index (χ3n) is 3.08. The highest BCUT2D eigenvalue weighted by molar-refractivity contribution is 7.88. The standard InChI is InChI=1S/C15H18N2O3S2/c1-3-12-8-9-21-14(12)15(18)17-13-6-4-11(5-7-13)10-16-22(2,19)20/h4-9,16H,3,10H2,1-2H3,(H,17,18). The number of nitrogens with one attached hydrogen (secondary N) is 2. The van der Waals surface area contributed by atoms with Crippen LogP contribution in [0.5, 0.6) is 0 Å². The van der Waals surface area contributed by atoms with Gasteiger partial charge in [-0.05, 0) is 41.1 Å². The number of hydrogen-bond acceptors (Lipinski definition) is 4. The molecule has 7 heteroatoms. The maximum Gasteiger partial charge on any atom is 0.266 e. The molecule has 0 fully saturated rings. The molecule has 0 radical (unpaired) electrons. The van der Waals surface area contributed by atoms with Crippen LogP contribution < -0.4 is 10.0 Å². The van der Waals surface area contributed by atoms with Gasteiger partial charge in [-0.2, -0.15) is 0 Å². The fourth-order valence-electron chi connectivity index (χ4n) is 1.92. The second-order valence-corrected chi connectivity index (χ2v) is 7.62. The summed E-state index contributed by atoms with van der Waals surface area (Å²) in [7, 11) is -3.21. The van der Waals surface area contributed by atoms with Crippen molar-refractivity contribution in [3.8, 4) is 0 Å². The van der Waals surface area contributed by atoms with Crippen LogP contribution in [0, 0.1) is 0 Å². The van der Waals surface area contributed by atoms with Crippen molar-refractivity contribution in [2.24, 2.45) is 0 Å². The number of rotatable bonds is 6. The number of sulfonamides is 1. The molecule has 0 saturated heterocycles. The molecule has 1 aromatic heterocycles. The molecule has 0 bridgehead atoms. The van der Waals surface area contributed by atoms with Gasteiger partial charge in [-0.1, -0.05) is 19.1 Å². The number of amides is 1. The van der Waals surface area contributed by atoms with E-state index in [1.54, 1.807) is 24.3 Å². The van der Waals surface area contributed by atoms with Crippen molar-refractivity contribution in [2.45, 2.75) is 19.9 Å². The summed E-state index contributed by atoms with van der Waals surface area (Å²) in [6.07, 6.45) is 1.94. The first-order valence-electron chi connectivity index (χ1n) is 6.80. The lowest BCUT2D eigenvalue weighted by Gasteiger charge is -2.07. The first kappa shape index (κ1) is 16.7. The van der Waals surface area contributed by atoms with Crippen molar-refractivity contribution < 1.29 is 13.2 Å². The number of aryl methyl sites for hydroxylation is 1. The molecule has 1 amide bonds. The third kappa shape index (κ3) is 4.66. The molecule has 2 aromatic rings. The third-order valence-corrected chi connectivity index (χ3v) is 4.71. The highest BCUT2D eigenvalue weighted by Gasteiger charge is 2.12. The first-order valence-corrected chi connectivity index (χ1v) is 9.57. The molecular weight excluding hydrogens is 320 g/mol. The van der Waals surface area contributed by atoms with Crippen molar-refractivity contribution in [1.82, 2.24) is 4.72 Å². The van der Waals surface area contributed by atoms with Gasteiger partial charge in [-0.15, -0.1) is 11.3 Å². The average Bonchev–Trinajstić information content (AvgIpc) is 2.94. The van der Waals surface area contributed by atoms with Crippen LogP contribution in [0.2, 0.25) is 0 Å². The summed E-state index contributed by atoms with van der Waals surface area (Å²) >= 11 is 1.43. The van der Waals surface area contributed by atoms with Crippen LogP contribution in [0.3, 0.4) is 0 Å². The Morgan fingerprint density at radius 1 is 1.18 bits per heavy atom. The number of hydrogen-bond donors (Lipinski definition) is 2. The lowest BCUT2D eigenvalue weighted by atomic mass is 10.2. The minimum atomic E-state index is -3.21. The topological polar surface area (TPSA) is 75.3 Å². The zero-order valence-corrected chi connectivity index (χ0v) is 14.1. The molecule has 1 heterocycles. The second kappa shape index (κ2) is 7.04. The van der Waals surface area contributed by atoms with Crippen molar-refractivity contribution >= 4 is 33.0 Å². The molecule has 0 aliphatic rings. The Balaban J connectivity index is 2.01. The highest BCUT2D eigenvalue weighted by atomic mass is 32.2. The van der Waals surface area contributed by atoms with Crippen LogP contribution in [-0.2, 0) is 23.0 Å². The molecule has 0 aliphatic carbocycles. The summed E-state index contributed by atoms with van der Waals surface area (Å²) in [5.74, 6) is -0.117. The van der Waals surface area contributed by atoms with Gasteiger partial charge in [-0.3, -0.25) is 4.79 Å². The Bertz CT molecular complexity index is 749. The van der Waals surface area contributed by atoms with Crippen molar-refractivity contribution in [2.75, 3.05) is 11.6 Å². The molecule has 118 valence electrons. The van der Waals surface area contributed by atoms with Crippen LogP contribution in [0.4, 0.5) is 5.69 Å². The number of anilines is 1. The number of benzene rings is 1. The quantitative estimate of drug-likeness (QED) is 0.850. The van der Waals surface area contributed by atoms with Gasteiger partial charge in [0.2, 0.25) is 10.0 Å². The molecule has 0 spiro atoms. The number of carbonyl (C=O) groups is 1. The van der Waals surface area contributed by atoms with Crippen LogP contribution in [0.25, 0.3) is 0 Å². The molecule has 1 aromatic carbocycles. The van der Waals surface area contributed by atoms with Gasteiger partial charge in [0.05, 0.1) is 11.1 Å². The molecule has 2 rings (SSSR count). The van der Waals surface area contributed by atoms with Gasteiger partial charge in [0.15, 0.2) is 0 Å². The normalized spacial score (nSPS) is 11.4. The predicted molar refractivity (Wildman–Crippen MR) is 89.8 cm³/mol. The fraction of sp³-hybridized carbons (Fsp3) is 0.267. The summed E-state index contributed by atoms with van der Waals surface area (Å²) < 4.78 is 24.5. The minimum absolute atomic E-state index is 0.117. The monoisotopic (exact) mass is 338 g/mol. The van der Waals surface area contributed by atoms with E-state index in [0.717, 1.165) is 28.7 Å². The van der Waals surface area contributed by atoms with E-state index in [4.69, 9.17) is 0 Å². The molecule has 2 N–H and O–H groups in total. The van der Waals surface area contributed by atoms with Crippen LogP contribution in [-0.4, -0.2) is 20.6 Å². The Labute approximate surface area is 134 Å². The summed E-state index contributed by atoms with van der Waals surface area (Å²) in [4.78, 5) is 12.9. The molecule has 5 nitrogen and oxygen atoms in total. The largest absolute Gasteiger partial charge is 0.321 e. The van der Waals surface area contributed by atoms with Crippen molar-refractivity contribution in [3.63, 3.8) is 0 Å². The maximum absolute atomic E-state index is 12.2. The maximum atomic E-state index is 12.2.